The van der Waals surface area contributed by atoms with Gasteiger partial charge in [0.15, 0.2) is 11.5 Å². The lowest BCUT2D eigenvalue weighted by atomic mass is 9.73. The zero-order chi connectivity index (χ0) is 22.6. The minimum atomic E-state index is -0.567. The topological polar surface area (TPSA) is 77.5 Å². The third-order valence-electron chi connectivity index (χ3n) is 8.01. The molecule has 5 rings (SSSR count). The van der Waals surface area contributed by atoms with Crippen LogP contribution in [0.2, 0.25) is 0 Å². The number of carbonyl (C=O) groups is 1. The maximum atomic E-state index is 13.3. The quantitative estimate of drug-likeness (QED) is 0.754. The number of fused-ring (bicyclic) bond motifs is 1. The molecule has 4 aliphatic heterocycles. The number of benzene rings is 1. The lowest BCUT2D eigenvalue weighted by Gasteiger charge is -2.48. The van der Waals surface area contributed by atoms with E-state index < -0.39 is 11.7 Å². The molecule has 7 nitrogen and oxygen atoms in total. The van der Waals surface area contributed by atoms with Crippen LogP contribution in [0.25, 0.3) is 0 Å². The van der Waals surface area contributed by atoms with Crippen molar-refractivity contribution in [1.82, 2.24) is 4.90 Å². The van der Waals surface area contributed by atoms with Gasteiger partial charge in [-0.15, -0.1) is 0 Å². The second kappa shape index (κ2) is 7.89. The van der Waals surface area contributed by atoms with Gasteiger partial charge >= 0.3 is 0 Å². The molecule has 0 aliphatic carbocycles. The second-order valence-corrected chi connectivity index (χ2v) is 10.7. The number of piperidine rings is 1. The SMILES string of the molecule is CC1(C)O[C@@](C)([C@H]2CC3(CCN(C(=O)c4cccc5c4OCCO5)CC3)CO2)CC[C@@H]1O. The lowest BCUT2D eigenvalue weighted by Crippen LogP contribution is -2.56. The van der Waals surface area contributed by atoms with E-state index in [9.17, 15) is 9.90 Å². The van der Waals surface area contributed by atoms with Crippen LogP contribution in [-0.2, 0) is 9.47 Å². The molecule has 1 amide bonds. The Morgan fingerprint density at radius 1 is 1.09 bits per heavy atom. The van der Waals surface area contributed by atoms with E-state index in [4.69, 9.17) is 18.9 Å². The molecule has 0 bridgehead atoms. The molecule has 0 aromatic heterocycles. The van der Waals surface area contributed by atoms with Crippen molar-refractivity contribution in [2.24, 2.45) is 5.41 Å². The molecule has 0 radical (unpaired) electrons. The first-order valence-corrected chi connectivity index (χ1v) is 11.9. The number of carbonyl (C=O) groups excluding carboxylic acids is 1. The first-order chi connectivity index (χ1) is 15.2. The Labute approximate surface area is 190 Å². The molecule has 176 valence electrons. The molecule has 1 spiro atoms. The Kier molecular flexibility index (Phi) is 5.42. The number of amides is 1. The number of rotatable bonds is 2. The molecule has 1 aromatic rings. The molecule has 3 fully saturated rings. The fraction of sp³-hybridized carbons (Fsp3) is 0.720. The van der Waals surface area contributed by atoms with Crippen LogP contribution in [0.15, 0.2) is 18.2 Å². The highest BCUT2D eigenvalue weighted by Crippen LogP contribution is 2.49. The van der Waals surface area contributed by atoms with Crippen molar-refractivity contribution in [2.45, 2.75) is 76.3 Å². The minimum Gasteiger partial charge on any atom is -0.486 e. The summed E-state index contributed by atoms with van der Waals surface area (Å²) in [4.78, 5) is 15.2. The molecule has 4 heterocycles. The van der Waals surface area contributed by atoms with Gasteiger partial charge in [-0.3, -0.25) is 4.79 Å². The van der Waals surface area contributed by atoms with Gasteiger partial charge in [0.05, 0.1) is 35.6 Å². The standard InChI is InChI=1S/C25H35NO6/c1-23(2)19(27)7-8-24(3,32-23)20-15-25(16-31-20)9-11-26(12-10-25)22(28)17-5-4-6-18-21(17)30-14-13-29-18/h4-6,19-20,27H,7-16H2,1-3H3/t19-,20+,24+/m0/s1. The predicted molar refractivity (Wildman–Crippen MR) is 118 cm³/mol. The molecule has 4 aliphatic rings. The predicted octanol–water partition coefficient (Wildman–Crippen LogP) is 3.18. The summed E-state index contributed by atoms with van der Waals surface area (Å²) in [5, 5.41) is 10.3. The second-order valence-electron chi connectivity index (χ2n) is 10.7. The van der Waals surface area contributed by atoms with E-state index in [1.165, 1.54) is 0 Å². The van der Waals surface area contributed by atoms with Crippen molar-refractivity contribution in [3.05, 3.63) is 23.8 Å². The van der Waals surface area contributed by atoms with Crippen LogP contribution >= 0.6 is 0 Å². The number of hydrogen-bond donors (Lipinski definition) is 1. The van der Waals surface area contributed by atoms with Gasteiger partial charge in [0.2, 0.25) is 0 Å². The first-order valence-electron chi connectivity index (χ1n) is 11.9. The van der Waals surface area contributed by atoms with Gasteiger partial charge in [-0.1, -0.05) is 6.07 Å². The van der Waals surface area contributed by atoms with Gasteiger partial charge in [-0.2, -0.15) is 0 Å². The Morgan fingerprint density at radius 3 is 2.59 bits per heavy atom. The van der Waals surface area contributed by atoms with Crippen LogP contribution in [-0.4, -0.2) is 72.2 Å². The number of aliphatic hydroxyl groups is 1. The van der Waals surface area contributed by atoms with Gasteiger partial charge in [0.1, 0.15) is 13.2 Å². The van der Waals surface area contributed by atoms with E-state index in [0.29, 0.717) is 50.0 Å². The highest BCUT2D eigenvalue weighted by atomic mass is 16.6. The summed E-state index contributed by atoms with van der Waals surface area (Å²) in [5.41, 5.74) is -0.283. The Morgan fingerprint density at radius 2 is 1.84 bits per heavy atom. The number of likely N-dealkylation sites (tertiary alicyclic amines) is 1. The molecule has 32 heavy (non-hydrogen) atoms. The minimum absolute atomic E-state index is 0.0102. The molecule has 0 saturated carbocycles. The summed E-state index contributed by atoms with van der Waals surface area (Å²) in [5.74, 6) is 1.23. The fourth-order valence-electron chi connectivity index (χ4n) is 5.84. The Hall–Kier alpha value is -1.83. The Bertz CT molecular complexity index is 877. The molecule has 7 heteroatoms. The number of para-hydroxylation sites is 1. The van der Waals surface area contributed by atoms with Gasteiger partial charge in [-0.25, -0.2) is 0 Å². The fourth-order valence-corrected chi connectivity index (χ4v) is 5.84. The molecular formula is C25H35NO6. The summed E-state index contributed by atoms with van der Waals surface area (Å²) < 4.78 is 24.1. The van der Waals surface area contributed by atoms with Crippen molar-refractivity contribution in [3.8, 4) is 11.5 Å². The zero-order valence-electron chi connectivity index (χ0n) is 19.4. The number of nitrogens with zero attached hydrogens (tertiary/aromatic N) is 1. The number of aliphatic hydroxyl groups excluding tert-OH is 1. The maximum Gasteiger partial charge on any atom is 0.257 e. The van der Waals surface area contributed by atoms with Crippen LogP contribution in [0.1, 0.15) is 63.2 Å². The summed E-state index contributed by atoms with van der Waals surface area (Å²) in [7, 11) is 0. The van der Waals surface area contributed by atoms with Gasteiger partial charge < -0.3 is 29.0 Å². The van der Waals surface area contributed by atoms with E-state index in [2.05, 4.69) is 6.92 Å². The molecule has 0 unspecified atom stereocenters. The molecule has 1 aromatic carbocycles. The Balaban J connectivity index is 1.23. The number of hydrogen-bond acceptors (Lipinski definition) is 6. The van der Waals surface area contributed by atoms with Crippen molar-refractivity contribution in [3.63, 3.8) is 0 Å². The summed E-state index contributed by atoms with van der Waals surface area (Å²) >= 11 is 0. The van der Waals surface area contributed by atoms with Crippen molar-refractivity contribution >= 4 is 5.91 Å². The smallest absolute Gasteiger partial charge is 0.257 e. The summed E-state index contributed by atoms with van der Waals surface area (Å²) in [6, 6.07) is 5.53. The first kappa shape index (κ1) is 22.0. The normalized spacial score (nSPS) is 33.3. The van der Waals surface area contributed by atoms with E-state index in [1.54, 1.807) is 0 Å². The molecule has 1 N–H and O–H groups in total. The van der Waals surface area contributed by atoms with Crippen LogP contribution in [0.4, 0.5) is 0 Å². The third kappa shape index (κ3) is 3.78. The van der Waals surface area contributed by atoms with Gasteiger partial charge in [0, 0.05) is 13.1 Å². The average molecular weight is 446 g/mol. The zero-order valence-corrected chi connectivity index (χ0v) is 19.4. The maximum absolute atomic E-state index is 13.3. The van der Waals surface area contributed by atoms with Gasteiger partial charge in [-0.05, 0) is 70.4 Å². The average Bonchev–Trinajstić information content (AvgIpc) is 3.20. The van der Waals surface area contributed by atoms with Crippen molar-refractivity contribution < 1.29 is 28.8 Å². The third-order valence-corrected chi connectivity index (χ3v) is 8.01. The lowest BCUT2D eigenvalue weighted by molar-refractivity contribution is -0.245. The van der Waals surface area contributed by atoms with Crippen molar-refractivity contribution in [2.75, 3.05) is 32.9 Å². The molecular weight excluding hydrogens is 410 g/mol. The molecule has 3 atom stereocenters. The molecule has 3 saturated heterocycles. The number of ether oxygens (including phenoxy) is 4. The van der Waals surface area contributed by atoms with Crippen LogP contribution in [0, 0.1) is 5.41 Å². The van der Waals surface area contributed by atoms with E-state index >= 15 is 0 Å². The summed E-state index contributed by atoms with van der Waals surface area (Å²) in [6.07, 6.45) is 3.88. The van der Waals surface area contributed by atoms with Crippen LogP contribution < -0.4 is 9.47 Å². The highest BCUT2D eigenvalue weighted by molar-refractivity contribution is 5.98. The van der Waals surface area contributed by atoms with Crippen LogP contribution in [0.3, 0.4) is 0 Å². The van der Waals surface area contributed by atoms with Crippen LogP contribution in [0.5, 0.6) is 11.5 Å². The monoisotopic (exact) mass is 445 g/mol. The van der Waals surface area contributed by atoms with Crippen molar-refractivity contribution in [1.29, 1.82) is 0 Å². The largest absolute Gasteiger partial charge is 0.486 e. The van der Waals surface area contributed by atoms with E-state index in [-0.39, 0.29) is 23.0 Å². The van der Waals surface area contributed by atoms with Gasteiger partial charge in [0.25, 0.3) is 5.91 Å². The van der Waals surface area contributed by atoms with E-state index in [0.717, 1.165) is 32.1 Å². The summed E-state index contributed by atoms with van der Waals surface area (Å²) in [6.45, 7) is 9.15. The highest BCUT2D eigenvalue weighted by Gasteiger charge is 2.53. The van der Waals surface area contributed by atoms with E-state index in [1.807, 2.05) is 36.9 Å².